The van der Waals surface area contributed by atoms with Crippen molar-refractivity contribution in [3.05, 3.63) is 60.7 Å². The fourth-order valence-electron chi connectivity index (χ4n) is 2.75. The molecule has 6 heteroatoms. The fourth-order valence-corrected chi connectivity index (χ4v) is 2.75. The van der Waals surface area contributed by atoms with E-state index in [4.69, 9.17) is 0 Å². The fraction of sp³-hybridized carbons (Fsp3) is 0.316. The predicted molar refractivity (Wildman–Crippen MR) is 95.7 cm³/mol. The molecule has 1 heterocycles. The van der Waals surface area contributed by atoms with E-state index in [1.807, 2.05) is 19.1 Å². The molecule has 0 saturated carbocycles. The molecule has 0 spiro atoms. The highest BCUT2D eigenvalue weighted by molar-refractivity contribution is 6.09. The lowest BCUT2D eigenvalue weighted by Crippen LogP contribution is -2.44. The van der Waals surface area contributed by atoms with Crippen molar-refractivity contribution in [2.24, 2.45) is 0 Å². The van der Waals surface area contributed by atoms with Crippen molar-refractivity contribution in [1.82, 2.24) is 15.1 Å². The Morgan fingerprint density at radius 3 is 2.28 bits per heavy atom. The maximum absolute atomic E-state index is 12.8. The van der Waals surface area contributed by atoms with Crippen molar-refractivity contribution < 1.29 is 14.4 Å². The van der Waals surface area contributed by atoms with Gasteiger partial charge < -0.3 is 10.2 Å². The molecule has 0 aromatic heterocycles. The molecule has 1 atom stereocenters. The minimum atomic E-state index is -1.17. The molecule has 0 bridgehead atoms. The topological polar surface area (TPSA) is 69.7 Å². The van der Waals surface area contributed by atoms with Gasteiger partial charge in [-0.3, -0.25) is 14.5 Å². The first-order valence-corrected chi connectivity index (χ1v) is 8.04. The van der Waals surface area contributed by atoms with Gasteiger partial charge in [0.15, 0.2) is 0 Å². The number of carbonyl (C=O) groups excluding carboxylic acids is 3. The van der Waals surface area contributed by atoms with Crippen molar-refractivity contribution in [3.63, 3.8) is 0 Å². The summed E-state index contributed by atoms with van der Waals surface area (Å²) in [5, 5.41) is 2.70. The average Bonchev–Trinajstić information content (AvgIpc) is 2.79. The van der Waals surface area contributed by atoms with E-state index in [1.165, 1.54) is 4.90 Å². The van der Waals surface area contributed by atoms with Gasteiger partial charge in [-0.2, -0.15) is 0 Å². The van der Waals surface area contributed by atoms with Crippen LogP contribution in [0.3, 0.4) is 0 Å². The normalized spacial score (nSPS) is 19.5. The second-order valence-corrected chi connectivity index (χ2v) is 6.19. The third kappa shape index (κ3) is 3.63. The predicted octanol–water partition coefficient (Wildman–Crippen LogP) is 1.96. The zero-order valence-electron chi connectivity index (χ0n) is 14.6. The summed E-state index contributed by atoms with van der Waals surface area (Å²) < 4.78 is 0. The van der Waals surface area contributed by atoms with Gasteiger partial charge >= 0.3 is 6.03 Å². The van der Waals surface area contributed by atoms with Crippen LogP contribution in [0.4, 0.5) is 4.79 Å². The van der Waals surface area contributed by atoms with Crippen molar-refractivity contribution in [2.45, 2.75) is 19.4 Å². The molecule has 6 nitrogen and oxygen atoms in total. The minimum Gasteiger partial charge on any atom is -0.334 e. The van der Waals surface area contributed by atoms with Crippen LogP contribution in [0.25, 0.3) is 0 Å². The summed E-state index contributed by atoms with van der Waals surface area (Å²) in [5.41, 5.74) is 0.563. The van der Waals surface area contributed by atoms with Crippen LogP contribution < -0.4 is 5.32 Å². The first-order valence-electron chi connectivity index (χ1n) is 8.04. The standard InChI is InChI=1S/C19H23N3O3/c1-5-11-21(12-6-2)16(23)13-22-17(24)19(4,20-18(22)25)15-9-7-14(3)8-10-15/h5-10H,1-2,11-13H2,3-4H3,(H,20,25)/t19-/m0/s1. The van der Waals surface area contributed by atoms with Gasteiger partial charge in [0.1, 0.15) is 12.1 Å². The van der Waals surface area contributed by atoms with Crippen LogP contribution in [0.2, 0.25) is 0 Å². The zero-order valence-corrected chi connectivity index (χ0v) is 14.6. The molecular weight excluding hydrogens is 318 g/mol. The highest BCUT2D eigenvalue weighted by Crippen LogP contribution is 2.28. The van der Waals surface area contributed by atoms with Crippen molar-refractivity contribution in [3.8, 4) is 0 Å². The number of rotatable bonds is 7. The van der Waals surface area contributed by atoms with Gasteiger partial charge in [0.25, 0.3) is 5.91 Å². The molecule has 1 saturated heterocycles. The third-order valence-corrected chi connectivity index (χ3v) is 4.25. The molecule has 4 amide bonds. The van der Waals surface area contributed by atoms with Crippen LogP contribution in [0, 0.1) is 6.92 Å². The van der Waals surface area contributed by atoms with Crippen LogP contribution in [0.1, 0.15) is 18.1 Å². The van der Waals surface area contributed by atoms with Crippen LogP contribution in [0.5, 0.6) is 0 Å². The summed E-state index contributed by atoms with van der Waals surface area (Å²) in [6.07, 6.45) is 3.17. The third-order valence-electron chi connectivity index (χ3n) is 4.25. The lowest BCUT2D eigenvalue weighted by Gasteiger charge is -2.24. The van der Waals surface area contributed by atoms with E-state index >= 15 is 0 Å². The maximum atomic E-state index is 12.8. The second-order valence-electron chi connectivity index (χ2n) is 6.19. The number of hydrogen-bond acceptors (Lipinski definition) is 3. The first-order chi connectivity index (χ1) is 11.8. The summed E-state index contributed by atoms with van der Waals surface area (Å²) in [7, 11) is 0. The lowest BCUT2D eigenvalue weighted by atomic mass is 9.91. The summed E-state index contributed by atoms with van der Waals surface area (Å²) in [6, 6.07) is 6.80. The van der Waals surface area contributed by atoms with E-state index in [-0.39, 0.29) is 12.5 Å². The highest BCUT2D eigenvalue weighted by atomic mass is 16.2. The summed E-state index contributed by atoms with van der Waals surface area (Å²) in [5.74, 6) is -0.775. The number of aryl methyl sites for hydroxylation is 1. The Bertz CT molecular complexity index is 701. The quantitative estimate of drug-likeness (QED) is 0.609. The SMILES string of the molecule is C=CCN(CC=C)C(=O)CN1C(=O)N[C@@](C)(c2ccc(C)cc2)C1=O. The maximum Gasteiger partial charge on any atom is 0.325 e. The smallest absolute Gasteiger partial charge is 0.325 e. The molecule has 1 fully saturated rings. The molecule has 2 rings (SSSR count). The van der Waals surface area contributed by atoms with Crippen molar-refractivity contribution in [2.75, 3.05) is 19.6 Å². The lowest BCUT2D eigenvalue weighted by molar-refractivity contribution is -0.138. The Labute approximate surface area is 147 Å². The van der Waals surface area contributed by atoms with Crippen LogP contribution in [0.15, 0.2) is 49.6 Å². The molecule has 1 aliphatic rings. The van der Waals surface area contributed by atoms with Crippen LogP contribution >= 0.6 is 0 Å². The molecule has 1 aromatic carbocycles. The van der Waals surface area contributed by atoms with Gasteiger partial charge in [-0.25, -0.2) is 4.79 Å². The molecule has 1 aromatic rings. The van der Waals surface area contributed by atoms with Crippen LogP contribution in [-0.4, -0.2) is 47.3 Å². The van der Waals surface area contributed by atoms with E-state index in [1.54, 1.807) is 31.2 Å². The van der Waals surface area contributed by atoms with Gasteiger partial charge in [0.2, 0.25) is 5.91 Å². The van der Waals surface area contributed by atoms with Crippen LogP contribution in [-0.2, 0) is 15.1 Å². The number of nitrogens with one attached hydrogen (secondary N) is 1. The Kier molecular flexibility index (Phi) is 5.41. The molecule has 0 radical (unpaired) electrons. The van der Waals surface area contributed by atoms with Gasteiger partial charge in [-0.05, 0) is 19.4 Å². The number of nitrogens with zero attached hydrogens (tertiary/aromatic N) is 2. The van der Waals surface area contributed by atoms with Crippen molar-refractivity contribution >= 4 is 17.8 Å². The Morgan fingerprint density at radius 1 is 1.20 bits per heavy atom. The number of benzene rings is 1. The van der Waals surface area contributed by atoms with Crippen molar-refractivity contribution in [1.29, 1.82) is 0 Å². The van der Waals surface area contributed by atoms with E-state index in [2.05, 4.69) is 18.5 Å². The van der Waals surface area contributed by atoms with E-state index in [0.717, 1.165) is 10.5 Å². The van der Waals surface area contributed by atoms with E-state index < -0.39 is 17.5 Å². The molecule has 0 aliphatic carbocycles. The van der Waals surface area contributed by atoms with Gasteiger partial charge in [-0.1, -0.05) is 42.0 Å². The number of amides is 4. The van der Waals surface area contributed by atoms with Gasteiger partial charge in [0.05, 0.1) is 0 Å². The number of carbonyl (C=O) groups is 3. The summed E-state index contributed by atoms with van der Waals surface area (Å²) in [4.78, 5) is 40.0. The average molecular weight is 341 g/mol. The highest BCUT2D eigenvalue weighted by Gasteiger charge is 2.49. The Balaban J connectivity index is 2.20. The number of urea groups is 1. The largest absolute Gasteiger partial charge is 0.334 e. The Morgan fingerprint density at radius 2 is 1.76 bits per heavy atom. The zero-order chi connectivity index (χ0) is 18.6. The molecule has 132 valence electrons. The first kappa shape index (κ1) is 18.4. The number of imide groups is 1. The summed E-state index contributed by atoms with van der Waals surface area (Å²) >= 11 is 0. The van der Waals surface area contributed by atoms with E-state index in [9.17, 15) is 14.4 Å². The molecular formula is C19H23N3O3. The Hall–Kier alpha value is -2.89. The van der Waals surface area contributed by atoms with E-state index in [0.29, 0.717) is 18.7 Å². The second kappa shape index (κ2) is 7.34. The number of hydrogen-bond donors (Lipinski definition) is 1. The molecule has 1 aliphatic heterocycles. The minimum absolute atomic E-state index is 0.312. The van der Waals surface area contributed by atoms with Gasteiger partial charge in [0, 0.05) is 13.1 Å². The molecule has 25 heavy (non-hydrogen) atoms. The van der Waals surface area contributed by atoms with Gasteiger partial charge in [-0.15, -0.1) is 13.2 Å². The summed E-state index contributed by atoms with van der Waals surface area (Å²) in [6.45, 7) is 11.1. The molecule has 1 N–H and O–H groups in total. The molecule has 0 unspecified atom stereocenters. The monoisotopic (exact) mass is 341 g/mol.